The molecule has 3 aromatic heterocycles. The van der Waals surface area contributed by atoms with Crippen LogP contribution in [-0.4, -0.2) is 27.6 Å². The van der Waals surface area contributed by atoms with Crippen molar-refractivity contribution in [1.82, 2.24) is 19.9 Å². The van der Waals surface area contributed by atoms with E-state index in [9.17, 15) is 4.79 Å². The average Bonchev–Trinajstić information content (AvgIpc) is 3.15. The molecule has 1 aromatic carbocycles. The van der Waals surface area contributed by atoms with Gasteiger partial charge in [0, 0.05) is 42.9 Å². The maximum atomic E-state index is 12.5. The predicted molar refractivity (Wildman–Crippen MR) is 112 cm³/mol. The van der Waals surface area contributed by atoms with E-state index in [4.69, 9.17) is 4.74 Å². The normalized spacial score (nSPS) is 10.8. The molecule has 0 aliphatic rings. The Bertz CT molecular complexity index is 1120. The van der Waals surface area contributed by atoms with Crippen molar-refractivity contribution < 1.29 is 9.53 Å². The molecule has 3 heterocycles. The Balaban J connectivity index is 1.50. The Morgan fingerprint density at radius 3 is 2.69 bits per heavy atom. The molecule has 0 fully saturated rings. The van der Waals surface area contributed by atoms with E-state index in [1.807, 2.05) is 54.6 Å². The van der Waals surface area contributed by atoms with E-state index in [0.29, 0.717) is 19.5 Å². The Hall–Kier alpha value is -3.67. The highest BCUT2D eigenvalue weighted by atomic mass is 16.5. The van der Waals surface area contributed by atoms with Crippen molar-refractivity contribution in [2.45, 2.75) is 19.5 Å². The van der Waals surface area contributed by atoms with Crippen LogP contribution in [0.25, 0.3) is 22.4 Å². The number of rotatable bonds is 7. The zero-order chi connectivity index (χ0) is 20.1. The highest BCUT2D eigenvalue weighted by Gasteiger charge is 2.14. The summed E-state index contributed by atoms with van der Waals surface area (Å²) < 4.78 is 7.39. The molecule has 0 aliphatic carbocycles. The number of nitrogens with zero attached hydrogens (tertiary/aromatic N) is 3. The van der Waals surface area contributed by atoms with Gasteiger partial charge < -0.3 is 14.6 Å². The molecule has 0 atom stereocenters. The van der Waals surface area contributed by atoms with Crippen LogP contribution in [0.15, 0.2) is 73.1 Å². The number of carbonyl (C=O) groups is 1. The third-order valence-corrected chi connectivity index (χ3v) is 4.81. The van der Waals surface area contributed by atoms with Crippen molar-refractivity contribution in [1.29, 1.82) is 0 Å². The summed E-state index contributed by atoms with van der Waals surface area (Å²) >= 11 is 0. The lowest BCUT2D eigenvalue weighted by molar-refractivity contribution is -0.121. The number of hydrogen-bond acceptors (Lipinski definition) is 4. The summed E-state index contributed by atoms with van der Waals surface area (Å²) in [6, 6.07) is 19.5. The molecule has 146 valence electrons. The number of aromatic nitrogens is 3. The number of methoxy groups -OCH3 is 1. The highest BCUT2D eigenvalue weighted by Crippen LogP contribution is 2.26. The number of amides is 1. The topological polar surface area (TPSA) is 69.0 Å². The molecule has 0 radical (unpaired) electrons. The van der Waals surface area contributed by atoms with Crippen LogP contribution in [0.5, 0.6) is 5.75 Å². The zero-order valence-electron chi connectivity index (χ0n) is 16.2. The number of hydrogen-bond donors (Lipinski definition) is 1. The van der Waals surface area contributed by atoms with E-state index in [-0.39, 0.29) is 5.91 Å². The molecule has 29 heavy (non-hydrogen) atoms. The molecule has 0 spiro atoms. The van der Waals surface area contributed by atoms with Crippen LogP contribution in [0.2, 0.25) is 0 Å². The molecule has 1 amide bonds. The minimum absolute atomic E-state index is 0.0272. The molecule has 6 nitrogen and oxygen atoms in total. The van der Waals surface area contributed by atoms with Crippen molar-refractivity contribution in [3.05, 3.63) is 78.6 Å². The number of aryl methyl sites for hydroxylation is 1. The van der Waals surface area contributed by atoms with Crippen LogP contribution in [0, 0.1) is 0 Å². The summed E-state index contributed by atoms with van der Waals surface area (Å²) in [5.74, 6) is 0.742. The van der Waals surface area contributed by atoms with Crippen LogP contribution >= 0.6 is 0 Å². The maximum Gasteiger partial charge on any atom is 0.222 e. The lowest BCUT2D eigenvalue weighted by Gasteiger charge is -2.12. The lowest BCUT2D eigenvalue weighted by Crippen LogP contribution is -2.24. The first-order valence-electron chi connectivity index (χ1n) is 9.50. The monoisotopic (exact) mass is 386 g/mol. The van der Waals surface area contributed by atoms with Gasteiger partial charge in [-0.1, -0.05) is 24.3 Å². The smallest absolute Gasteiger partial charge is 0.222 e. The molecular weight excluding hydrogens is 364 g/mol. The molecule has 0 saturated carbocycles. The predicted octanol–water partition coefficient (Wildman–Crippen LogP) is 3.81. The number of carbonyl (C=O) groups excluding carboxylic acids is 1. The van der Waals surface area contributed by atoms with E-state index in [1.54, 1.807) is 19.5 Å². The summed E-state index contributed by atoms with van der Waals surface area (Å²) in [7, 11) is 1.63. The summed E-state index contributed by atoms with van der Waals surface area (Å²) in [6.45, 7) is 0.949. The van der Waals surface area contributed by atoms with Crippen molar-refractivity contribution in [2.75, 3.05) is 7.11 Å². The number of benzene rings is 1. The van der Waals surface area contributed by atoms with Crippen molar-refractivity contribution in [3.8, 4) is 17.1 Å². The summed E-state index contributed by atoms with van der Waals surface area (Å²) in [6.07, 6.45) is 3.88. The highest BCUT2D eigenvalue weighted by molar-refractivity contribution is 5.84. The summed E-state index contributed by atoms with van der Waals surface area (Å²) in [4.78, 5) is 21.5. The van der Waals surface area contributed by atoms with E-state index in [0.717, 1.165) is 33.7 Å². The summed E-state index contributed by atoms with van der Waals surface area (Å²) in [5.41, 5.74) is 3.62. The van der Waals surface area contributed by atoms with E-state index in [1.165, 1.54) is 0 Å². The fraction of sp³-hybridized carbons (Fsp3) is 0.174. The van der Waals surface area contributed by atoms with Gasteiger partial charge in [-0.15, -0.1) is 0 Å². The summed E-state index contributed by atoms with van der Waals surface area (Å²) in [5, 5.41) is 4.01. The standard InChI is InChI=1S/C23H22N4O2/c1-29-21-10-3-2-7-18(21)16-26-22(28)11-14-27-20(19-9-4-5-12-24-19)15-17-8-6-13-25-23(17)27/h2-10,12-13,15H,11,14,16H2,1H3,(H,26,28). The van der Waals surface area contributed by atoms with Gasteiger partial charge in [0.05, 0.1) is 18.5 Å². The molecule has 4 aromatic rings. The van der Waals surface area contributed by atoms with Gasteiger partial charge in [-0.05, 0) is 36.4 Å². The largest absolute Gasteiger partial charge is 0.496 e. The van der Waals surface area contributed by atoms with Gasteiger partial charge in [0.25, 0.3) is 0 Å². The maximum absolute atomic E-state index is 12.5. The van der Waals surface area contributed by atoms with Crippen LogP contribution in [0.3, 0.4) is 0 Å². The number of pyridine rings is 2. The number of ether oxygens (including phenoxy) is 1. The fourth-order valence-corrected chi connectivity index (χ4v) is 3.38. The van der Waals surface area contributed by atoms with Gasteiger partial charge in [0.15, 0.2) is 0 Å². The molecule has 0 aliphatic heterocycles. The molecule has 1 N–H and O–H groups in total. The van der Waals surface area contributed by atoms with Crippen LogP contribution in [0.4, 0.5) is 0 Å². The van der Waals surface area contributed by atoms with Gasteiger partial charge in [0.2, 0.25) is 5.91 Å². The third-order valence-electron chi connectivity index (χ3n) is 4.81. The van der Waals surface area contributed by atoms with E-state index in [2.05, 4.69) is 25.9 Å². The van der Waals surface area contributed by atoms with Gasteiger partial charge in [0.1, 0.15) is 11.4 Å². The molecule has 0 unspecified atom stereocenters. The lowest BCUT2D eigenvalue weighted by atomic mass is 10.2. The van der Waals surface area contributed by atoms with Crippen LogP contribution < -0.4 is 10.1 Å². The van der Waals surface area contributed by atoms with Gasteiger partial charge in [-0.3, -0.25) is 9.78 Å². The number of nitrogens with one attached hydrogen (secondary N) is 1. The molecular formula is C23H22N4O2. The third kappa shape index (κ3) is 4.11. The van der Waals surface area contributed by atoms with Crippen molar-refractivity contribution >= 4 is 16.9 Å². The average molecular weight is 386 g/mol. The zero-order valence-corrected chi connectivity index (χ0v) is 16.2. The van der Waals surface area contributed by atoms with Crippen molar-refractivity contribution in [2.24, 2.45) is 0 Å². The molecule has 4 rings (SSSR count). The molecule has 6 heteroatoms. The second-order valence-electron chi connectivity index (χ2n) is 6.65. The second-order valence-corrected chi connectivity index (χ2v) is 6.65. The first kappa shape index (κ1) is 18.7. The van der Waals surface area contributed by atoms with Gasteiger partial charge >= 0.3 is 0 Å². The second kappa shape index (κ2) is 8.56. The SMILES string of the molecule is COc1ccccc1CNC(=O)CCn1c(-c2ccccn2)cc2cccnc21. The first-order chi connectivity index (χ1) is 14.3. The Labute approximate surface area is 169 Å². The Morgan fingerprint density at radius 2 is 1.86 bits per heavy atom. The number of fused-ring (bicyclic) bond motifs is 1. The van der Waals surface area contributed by atoms with Gasteiger partial charge in [-0.25, -0.2) is 4.98 Å². The minimum atomic E-state index is -0.0272. The Morgan fingerprint density at radius 1 is 1.03 bits per heavy atom. The quantitative estimate of drug-likeness (QED) is 0.524. The fourth-order valence-electron chi connectivity index (χ4n) is 3.38. The van der Waals surface area contributed by atoms with E-state index < -0.39 is 0 Å². The van der Waals surface area contributed by atoms with Gasteiger partial charge in [-0.2, -0.15) is 0 Å². The molecule has 0 saturated heterocycles. The minimum Gasteiger partial charge on any atom is -0.496 e. The van der Waals surface area contributed by atoms with Crippen molar-refractivity contribution in [3.63, 3.8) is 0 Å². The van der Waals surface area contributed by atoms with E-state index >= 15 is 0 Å². The molecule has 0 bridgehead atoms. The van der Waals surface area contributed by atoms with Crippen LogP contribution in [-0.2, 0) is 17.9 Å². The Kier molecular flexibility index (Phi) is 5.52. The first-order valence-corrected chi connectivity index (χ1v) is 9.50. The van der Waals surface area contributed by atoms with Crippen LogP contribution in [0.1, 0.15) is 12.0 Å². The number of para-hydroxylation sites is 1.